The second-order valence-corrected chi connectivity index (χ2v) is 10.5. The minimum atomic E-state index is -0.410. The van der Waals surface area contributed by atoms with E-state index in [9.17, 15) is 9.59 Å². The van der Waals surface area contributed by atoms with Gasteiger partial charge in [0.05, 0.1) is 6.04 Å². The van der Waals surface area contributed by atoms with Crippen molar-refractivity contribution in [1.82, 2.24) is 14.9 Å². The minimum Gasteiger partial charge on any atom is -0.340 e. The maximum atomic E-state index is 14.2. The van der Waals surface area contributed by atoms with E-state index in [1.165, 1.54) is 4.90 Å². The maximum Gasteiger partial charge on any atom is 0.272 e. The van der Waals surface area contributed by atoms with Gasteiger partial charge < -0.3 is 9.88 Å². The van der Waals surface area contributed by atoms with Crippen molar-refractivity contribution in [1.29, 1.82) is 0 Å². The largest absolute Gasteiger partial charge is 0.340 e. The van der Waals surface area contributed by atoms with Crippen molar-refractivity contribution in [3.05, 3.63) is 130 Å². The summed E-state index contributed by atoms with van der Waals surface area (Å²) in [5, 5.41) is 5.72. The lowest BCUT2D eigenvalue weighted by molar-refractivity contribution is 0.0933. The summed E-state index contributed by atoms with van der Waals surface area (Å²) in [6, 6.07) is 30.4. The molecule has 2 heterocycles. The van der Waals surface area contributed by atoms with Gasteiger partial charge in [0, 0.05) is 30.6 Å². The normalized spacial score (nSPS) is 13.4. The van der Waals surface area contributed by atoms with Crippen LogP contribution in [-0.2, 0) is 13.0 Å². The van der Waals surface area contributed by atoms with Gasteiger partial charge in [-0.2, -0.15) is 0 Å². The van der Waals surface area contributed by atoms with E-state index in [2.05, 4.69) is 5.32 Å². The van der Waals surface area contributed by atoms with Crippen LogP contribution in [0.1, 0.15) is 56.7 Å². The molecule has 1 aromatic heterocycles. The number of aromatic nitrogens is 2. The number of hydrogen-bond donors (Lipinski definition) is 1. The van der Waals surface area contributed by atoms with Crippen LogP contribution in [0, 0.1) is 0 Å². The van der Waals surface area contributed by atoms with E-state index < -0.39 is 6.04 Å². The Morgan fingerprint density at radius 2 is 1.57 bits per heavy atom. The van der Waals surface area contributed by atoms with E-state index in [4.69, 9.17) is 16.6 Å². The fraction of sp³-hybridized carbons (Fsp3) is 0.182. The molecule has 1 N–H and O–H groups in total. The molecule has 6 nitrogen and oxygen atoms in total. The second-order valence-electron chi connectivity index (χ2n) is 10.1. The highest BCUT2D eigenvalue weighted by molar-refractivity contribution is 6.30. The van der Waals surface area contributed by atoms with Crippen molar-refractivity contribution in [2.45, 2.75) is 31.8 Å². The molecule has 0 bridgehead atoms. The third-order valence-corrected chi connectivity index (χ3v) is 7.78. The van der Waals surface area contributed by atoms with E-state index in [-0.39, 0.29) is 11.8 Å². The van der Waals surface area contributed by atoms with Crippen LogP contribution >= 0.6 is 11.6 Å². The van der Waals surface area contributed by atoms with Crippen molar-refractivity contribution in [3.8, 4) is 0 Å². The molecule has 0 fully saturated rings. The zero-order chi connectivity index (χ0) is 27.6. The maximum absolute atomic E-state index is 14.2. The first-order valence-electron chi connectivity index (χ1n) is 13.5. The number of anilines is 1. The van der Waals surface area contributed by atoms with Gasteiger partial charge in [0.15, 0.2) is 11.5 Å². The molecule has 2 amide bonds. The Labute approximate surface area is 238 Å². The highest BCUT2D eigenvalue weighted by Gasteiger charge is 2.31. The minimum absolute atomic E-state index is 0.210. The summed E-state index contributed by atoms with van der Waals surface area (Å²) in [6.07, 6.45) is 2.70. The lowest BCUT2D eigenvalue weighted by Gasteiger charge is -2.23. The van der Waals surface area contributed by atoms with E-state index in [1.807, 2.05) is 102 Å². The topological polar surface area (TPSA) is 67.2 Å². The molecular weight excluding hydrogens is 520 g/mol. The first-order chi connectivity index (χ1) is 19.5. The van der Waals surface area contributed by atoms with Crippen molar-refractivity contribution in [3.63, 3.8) is 0 Å². The van der Waals surface area contributed by atoms with Gasteiger partial charge in [0.2, 0.25) is 0 Å². The molecule has 6 rings (SSSR count). The Bertz CT molecular complexity index is 1690. The number of carbonyl (C=O) groups is 2. The van der Waals surface area contributed by atoms with Crippen LogP contribution in [0.5, 0.6) is 0 Å². The number of benzene rings is 4. The smallest absolute Gasteiger partial charge is 0.272 e. The average molecular weight is 549 g/mol. The quantitative estimate of drug-likeness (QED) is 0.253. The summed E-state index contributed by atoms with van der Waals surface area (Å²) in [6.45, 7) is 0.679. The molecule has 7 heteroatoms. The SMILES string of the molecule is CN(C(=O)c1cccc2ccccc12)c1nc2n(c1C(=O)NC(c1ccccc1)c1ccc(Cl)cc1)CCCC2. The predicted molar refractivity (Wildman–Crippen MR) is 159 cm³/mol. The van der Waals surface area contributed by atoms with Crippen LogP contribution in [-0.4, -0.2) is 28.4 Å². The van der Waals surface area contributed by atoms with Gasteiger partial charge >= 0.3 is 0 Å². The van der Waals surface area contributed by atoms with Crippen LogP contribution in [0.2, 0.25) is 5.02 Å². The van der Waals surface area contributed by atoms with E-state index in [1.54, 1.807) is 7.05 Å². The molecule has 0 radical (unpaired) electrons. The molecule has 0 spiro atoms. The number of hydrogen-bond acceptors (Lipinski definition) is 3. The zero-order valence-electron chi connectivity index (χ0n) is 22.2. The molecule has 200 valence electrons. The number of nitrogens with zero attached hydrogens (tertiary/aromatic N) is 3. The monoisotopic (exact) mass is 548 g/mol. The summed E-state index contributed by atoms with van der Waals surface area (Å²) in [7, 11) is 1.70. The Morgan fingerprint density at radius 3 is 2.38 bits per heavy atom. The highest BCUT2D eigenvalue weighted by atomic mass is 35.5. The number of halogens is 1. The van der Waals surface area contributed by atoms with Gasteiger partial charge in [-0.3, -0.25) is 14.5 Å². The number of carbonyl (C=O) groups excluding carboxylic acids is 2. The van der Waals surface area contributed by atoms with E-state index >= 15 is 0 Å². The zero-order valence-corrected chi connectivity index (χ0v) is 22.9. The second kappa shape index (κ2) is 11.0. The standard InChI is InChI=1S/C33H29ClN4O2/c1-37(33(40)27-15-9-13-22-10-5-6-14-26(22)27)31-30(38-21-8-7-16-28(38)35-31)32(39)36-29(23-11-3-2-4-12-23)24-17-19-25(34)20-18-24/h2-6,9-15,17-20,29H,7-8,16,21H2,1H3,(H,36,39). The molecule has 5 aromatic rings. The summed E-state index contributed by atoms with van der Waals surface area (Å²) in [5.41, 5.74) is 2.82. The molecule has 0 saturated carbocycles. The molecule has 1 unspecified atom stereocenters. The number of imidazole rings is 1. The summed E-state index contributed by atoms with van der Waals surface area (Å²) < 4.78 is 1.98. The molecule has 1 aliphatic heterocycles. The lowest BCUT2D eigenvalue weighted by atomic mass is 9.98. The van der Waals surface area contributed by atoms with Crippen LogP contribution < -0.4 is 10.2 Å². The van der Waals surface area contributed by atoms with Gasteiger partial charge in [-0.15, -0.1) is 0 Å². The van der Waals surface area contributed by atoms with Gasteiger partial charge in [-0.05, 0) is 52.9 Å². The molecule has 1 aliphatic rings. The summed E-state index contributed by atoms with van der Waals surface area (Å²) in [5.74, 6) is 0.706. The average Bonchev–Trinajstić information content (AvgIpc) is 3.39. The van der Waals surface area contributed by atoms with Crippen LogP contribution in [0.25, 0.3) is 10.8 Å². The van der Waals surface area contributed by atoms with Crippen molar-refractivity contribution in [2.75, 3.05) is 11.9 Å². The van der Waals surface area contributed by atoms with Gasteiger partial charge in [-0.25, -0.2) is 4.98 Å². The fourth-order valence-corrected chi connectivity index (χ4v) is 5.60. The molecule has 40 heavy (non-hydrogen) atoms. The first kappa shape index (κ1) is 25.8. The number of rotatable bonds is 6. The number of amides is 2. The van der Waals surface area contributed by atoms with Crippen molar-refractivity contribution < 1.29 is 9.59 Å². The van der Waals surface area contributed by atoms with E-state index in [0.29, 0.717) is 28.6 Å². The van der Waals surface area contributed by atoms with Crippen LogP contribution in [0.3, 0.4) is 0 Å². The molecular formula is C33H29ClN4O2. The lowest BCUT2D eigenvalue weighted by Crippen LogP contribution is -2.34. The van der Waals surface area contributed by atoms with Crippen LogP contribution in [0.15, 0.2) is 97.1 Å². The molecule has 0 saturated heterocycles. The van der Waals surface area contributed by atoms with Crippen molar-refractivity contribution >= 4 is 40.0 Å². The third kappa shape index (κ3) is 4.87. The summed E-state index contributed by atoms with van der Waals surface area (Å²) >= 11 is 6.16. The Kier molecular flexibility index (Phi) is 7.10. The number of nitrogens with one attached hydrogen (secondary N) is 1. The van der Waals surface area contributed by atoms with Crippen molar-refractivity contribution in [2.24, 2.45) is 0 Å². The Balaban J connectivity index is 1.40. The van der Waals surface area contributed by atoms with Gasteiger partial charge in [-0.1, -0.05) is 90.5 Å². The van der Waals surface area contributed by atoms with Gasteiger partial charge in [0.25, 0.3) is 11.8 Å². The third-order valence-electron chi connectivity index (χ3n) is 7.53. The van der Waals surface area contributed by atoms with E-state index in [0.717, 1.165) is 47.0 Å². The number of aryl methyl sites for hydroxylation is 1. The number of fused-ring (bicyclic) bond motifs is 2. The van der Waals surface area contributed by atoms with Crippen LogP contribution in [0.4, 0.5) is 5.82 Å². The predicted octanol–water partition coefficient (Wildman–Crippen LogP) is 6.82. The van der Waals surface area contributed by atoms with Gasteiger partial charge in [0.1, 0.15) is 5.82 Å². The highest BCUT2D eigenvalue weighted by Crippen LogP contribution is 2.30. The Hall–Kier alpha value is -4.42. The molecule has 0 aliphatic carbocycles. The summed E-state index contributed by atoms with van der Waals surface area (Å²) in [4.78, 5) is 34.4. The first-order valence-corrected chi connectivity index (χ1v) is 13.9. The molecule has 4 aromatic carbocycles. The fourth-order valence-electron chi connectivity index (χ4n) is 5.48. The molecule has 1 atom stereocenters. The Morgan fingerprint density at radius 1 is 0.875 bits per heavy atom.